The maximum Gasteiger partial charge on any atom is 0.214 e. The van der Waals surface area contributed by atoms with E-state index in [2.05, 4.69) is 32.5 Å². The van der Waals surface area contributed by atoms with Gasteiger partial charge in [-0.15, -0.1) is 5.92 Å². The molecular formula is C26H25ClFN3O. The SMILES string of the molecule is CC#CCn1ccnc1CC1CC=C(c2cccc(OCc3ccc(Cl)cc3F)n2)CC1. The molecule has 1 unspecified atom stereocenters. The third-order valence-corrected chi connectivity index (χ3v) is 5.90. The van der Waals surface area contributed by atoms with Gasteiger partial charge in [-0.3, -0.25) is 0 Å². The molecule has 2 heterocycles. The van der Waals surface area contributed by atoms with E-state index in [9.17, 15) is 4.39 Å². The van der Waals surface area contributed by atoms with Crippen LogP contribution in [-0.2, 0) is 19.6 Å². The van der Waals surface area contributed by atoms with Crippen LogP contribution in [0, 0.1) is 23.6 Å². The van der Waals surface area contributed by atoms with Crippen LogP contribution < -0.4 is 4.74 Å². The van der Waals surface area contributed by atoms with Crippen LogP contribution in [0.3, 0.4) is 0 Å². The van der Waals surface area contributed by atoms with Gasteiger partial charge in [-0.1, -0.05) is 35.7 Å². The Bertz CT molecular complexity index is 1180. The Kier molecular flexibility index (Phi) is 7.24. The van der Waals surface area contributed by atoms with Crippen LogP contribution in [0.25, 0.3) is 5.57 Å². The molecule has 0 aliphatic heterocycles. The van der Waals surface area contributed by atoms with Crippen LogP contribution in [0.1, 0.15) is 43.3 Å². The molecule has 4 rings (SSSR count). The first-order valence-corrected chi connectivity index (χ1v) is 11.1. The van der Waals surface area contributed by atoms with E-state index in [4.69, 9.17) is 16.3 Å². The highest BCUT2D eigenvalue weighted by atomic mass is 35.5. The largest absolute Gasteiger partial charge is 0.473 e. The number of hydrogen-bond donors (Lipinski definition) is 0. The van der Waals surface area contributed by atoms with E-state index in [0.29, 0.717) is 28.9 Å². The molecule has 0 fully saturated rings. The van der Waals surface area contributed by atoms with Crippen molar-refractivity contribution in [2.75, 3.05) is 0 Å². The summed E-state index contributed by atoms with van der Waals surface area (Å²) in [6.07, 6.45) is 10.1. The van der Waals surface area contributed by atoms with Gasteiger partial charge in [0.15, 0.2) is 0 Å². The summed E-state index contributed by atoms with van der Waals surface area (Å²) in [4.78, 5) is 9.16. The van der Waals surface area contributed by atoms with Crippen LogP contribution >= 0.6 is 11.6 Å². The molecule has 0 amide bonds. The van der Waals surface area contributed by atoms with Crippen LogP contribution in [-0.4, -0.2) is 14.5 Å². The van der Waals surface area contributed by atoms with Gasteiger partial charge in [0.2, 0.25) is 5.88 Å². The van der Waals surface area contributed by atoms with E-state index in [1.165, 1.54) is 11.6 Å². The standard InChI is InChI=1S/C26H25ClFN3O/c1-2-3-14-31-15-13-29-25(31)16-19-7-9-20(10-8-19)24-5-4-6-26(30-24)32-18-21-11-12-22(27)17-23(21)28/h4-6,9,11-13,15,17,19H,7-8,10,14,16,18H2,1H3. The average molecular weight is 450 g/mol. The first-order chi connectivity index (χ1) is 15.6. The van der Waals surface area contributed by atoms with Crippen molar-refractivity contribution in [3.05, 3.63) is 82.8 Å². The quantitative estimate of drug-likeness (QED) is 0.409. The van der Waals surface area contributed by atoms with Crippen molar-refractivity contribution in [3.63, 3.8) is 0 Å². The fourth-order valence-corrected chi connectivity index (χ4v) is 4.03. The predicted octanol–water partition coefficient (Wildman–Crippen LogP) is 6.10. The molecule has 6 heteroatoms. The topological polar surface area (TPSA) is 39.9 Å². The number of hydrogen-bond acceptors (Lipinski definition) is 3. The zero-order valence-electron chi connectivity index (χ0n) is 18.0. The van der Waals surface area contributed by atoms with Crippen LogP contribution in [0.15, 0.2) is 54.9 Å². The monoisotopic (exact) mass is 449 g/mol. The Labute approximate surface area is 193 Å². The van der Waals surface area contributed by atoms with Crippen molar-refractivity contribution in [3.8, 4) is 17.7 Å². The molecule has 0 radical (unpaired) electrons. The zero-order valence-corrected chi connectivity index (χ0v) is 18.8. The molecular weight excluding hydrogens is 425 g/mol. The average Bonchev–Trinajstić information content (AvgIpc) is 3.24. The van der Waals surface area contributed by atoms with E-state index in [-0.39, 0.29) is 12.4 Å². The van der Waals surface area contributed by atoms with Gasteiger partial charge in [0.05, 0.1) is 12.2 Å². The smallest absolute Gasteiger partial charge is 0.214 e. The lowest BCUT2D eigenvalue weighted by Gasteiger charge is -2.22. The second kappa shape index (κ2) is 10.5. The van der Waals surface area contributed by atoms with Gasteiger partial charge < -0.3 is 9.30 Å². The summed E-state index contributed by atoms with van der Waals surface area (Å²) in [6, 6.07) is 10.3. The molecule has 0 bridgehead atoms. The van der Waals surface area contributed by atoms with Gasteiger partial charge in [-0.25, -0.2) is 14.4 Å². The highest BCUT2D eigenvalue weighted by Crippen LogP contribution is 2.31. The number of ether oxygens (including phenoxy) is 1. The maximum absolute atomic E-state index is 14.0. The number of halogens is 2. The highest BCUT2D eigenvalue weighted by Gasteiger charge is 2.19. The number of nitrogens with zero attached hydrogens (tertiary/aromatic N) is 3. The van der Waals surface area contributed by atoms with Crippen molar-refractivity contribution in [1.82, 2.24) is 14.5 Å². The lowest BCUT2D eigenvalue weighted by atomic mass is 9.86. The second-order valence-electron chi connectivity index (χ2n) is 7.86. The van der Waals surface area contributed by atoms with E-state index in [1.807, 2.05) is 31.5 Å². The van der Waals surface area contributed by atoms with E-state index < -0.39 is 0 Å². The van der Waals surface area contributed by atoms with E-state index >= 15 is 0 Å². The number of allylic oxidation sites excluding steroid dienone is 2. The number of aromatic nitrogens is 3. The minimum Gasteiger partial charge on any atom is -0.473 e. The van der Waals surface area contributed by atoms with Crippen molar-refractivity contribution in [2.45, 2.75) is 45.8 Å². The van der Waals surface area contributed by atoms with Crippen LogP contribution in [0.4, 0.5) is 4.39 Å². The molecule has 4 nitrogen and oxygen atoms in total. The molecule has 2 aromatic heterocycles. The summed E-state index contributed by atoms with van der Waals surface area (Å²) in [5.41, 5.74) is 2.59. The molecule has 1 aliphatic carbocycles. The van der Waals surface area contributed by atoms with Crippen LogP contribution in [0.2, 0.25) is 5.02 Å². The first kappa shape index (κ1) is 22.1. The highest BCUT2D eigenvalue weighted by molar-refractivity contribution is 6.30. The van der Waals surface area contributed by atoms with Gasteiger partial charge in [0.1, 0.15) is 18.2 Å². The number of benzene rings is 1. The lowest BCUT2D eigenvalue weighted by Crippen LogP contribution is -2.13. The molecule has 1 aromatic carbocycles. The second-order valence-corrected chi connectivity index (χ2v) is 8.29. The maximum atomic E-state index is 14.0. The zero-order chi connectivity index (χ0) is 22.3. The van der Waals surface area contributed by atoms with Gasteiger partial charge in [-0.05, 0) is 55.9 Å². The molecule has 3 aromatic rings. The van der Waals surface area contributed by atoms with Crippen molar-refractivity contribution < 1.29 is 9.13 Å². The number of rotatable bonds is 7. The van der Waals surface area contributed by atoms with Gasteiger partial charge in [0, 0.05) is 35.5 Å². The van der Waals surface area contributed by atoms with Crippen molar-refractivity contribution in [2.24, 2.45) is 5.92 Å². The van der Waals surface area contributed by atoms with E-state index in [0.717, 1.165) is 37.2 Å². The molecule has 0 saturated carbocycles. The Morgan fingerprint density at radius 1 is 1.28 bits per heavy atom. The first-order valence-electron chi connectivity index (χ1n) is 10.7. The van der Waals surface area contributed by atoms with Crippen molar-refractivity contribution in [1.29, 1.82) is 0 Å². The molecule has 32 heavy (non-hydrogen) atoms. The summed E-state index contributed by atoms with van der Waals surface area (Å²) < 4.78 is 21.8. The summed E-state index contributed by atoms with van der Waals surface area (Å²) in [7, 11) is 0. The molecule has 1 atom stereocenters. The molecule has 164 valence electrons. The molecule has 0 N–H and O–H groups in total. The Morgan fingerprint density at radius 3 is 2.97 bits per heavy atom. The third-order valence-electron chi connectivity index (χ3n) is 5.66. The minimum atomic E-state index is -0.378. The van der Waals surface area contributed by atoms with E-state index in [1.54, 1.807) is 18.2 Å². The Hall–Kier alpha value is -3.10. The fourth-order valence-electron chi connectivity index (χ4n) is 3.87. The molecule has 0 saturated heterocycles. The van der Waals surface area contributed by atoms with Gasteiger partial charge in [-0.2, -0.15) is 0 Å². The van der Waals surface area contributed by atoms with Gasteiger partial charge in [0.25, 0.3) is 0 Å². The number of imidazole rings is 1. The molecule has 1 aliphatic rings. The summed E-state index contributed by atoms with van der Waals surface area (Å²) in [5, 5.41) is 0.368. The van der Waals surface area contributed by atoms with Crippen LogP contribution in [0.5, 0.6) is 5.88 Å². The third kappa shape index (κ3) is 5.57. The predicted molar refractivity (Wildman–Crippen MR) is 125 cm³/mol. The summed E-state index contributed by atoms with van der Waals surface area (Å²) >= 11 is 5.81. The molecule has 0 spiro atoms. The lowest BCUT2D eigenvalue weighted by molar-refractivity contribution is 0.288. The fraction of sp³-hybridized carbons (Fsp3) is 0.308. The number of pyridine rings is 1. The summed E-state index contributed by atoms with van der Waals surface area (Å²) in [6.45, 7) is 2.65. The Balaban J connectivity index is 1.37. The minimum absolute atomic E-state index is 0.107. The van der Waals surface area contributed by atoms with Gasteiger partial charge >= 0.3 is 0 Å². The van der Waals surface area contributed by atoms with Crippen molar-refractivity contribution >= 4 is 17.2 Å². The summed E-state index contributed by atoms with van der Waals surface area (Å²) in [5.74, 6) is 7.80. The Morgan fingerprint density at radius 2 is 2.19 bits per heavy atom. The normalized spacial score (nSPS) is 15.6.